The van der Waals surface area contributed by atoms with Crippen LogP contribution in [0.25, 0.3) is 33.8 Å². The first-order valence-electron chi connectivity index (χ1n) is 14.7. The number of hydrogen-bond acceptors (Lipinski definition) is 9. The molecule has 0 radical (unpaired) electrons. The molecule has 4 heterocycles. The largest absolute Gasteiger partial charge is 0.573 e. The molecule has 6 rings (SSSR count). The van der Waals surface area contributed by atoms with Gasteiger partial charge in [-0.05, 0) is 49.7 Å². The van der Waals surface area contributed by atoms with E-state index in [-0.39, 0.29) is 34.2 Å². The standard InChI is InChI=1S/C15H12F4N4O.C14H9F5N4O2.C2H6/c1-8-5-10(24-15(17,18)19)3-4-11(8)12-7-23-13(6-20-12)21-22-14(23)9(2)16;1-24-10-4-7(25-14(17,18)19)2-3-8(10)9-6-23-11(5-20-9)21-22-13(23)12(15)16;1-2/h3-7,9H,1-2H3;2-6,12H,1H3;1-2H3. The number of rotatable bonds is 7. The van der Waals surface area contributed by atoms with Crippen LogP contribution in [0.15, 0.2) is 61.2 Å². The van der Waals surface area contributed by atoms with Gasteiger partial charge in [0.05, 0.1) is 30.9 Å². The molecule has 0 amide bonds. The molecule has 51 heavy (non-hydrogen) atoms. The number of alkyl halides is 9. The molecule has 0 fully saturated rings. The summed E-state index contributed by atoms with van der Waals surface area (Å²) in [5.41, 5.74) is 2.55. The molecule has 2 aromatic carbocycles. The molecule has 0 aliphatic rings. The van der Waals surface area contributed by atoms with Crippen LogP contribution < -0.4 is 14.2 Å². The molecule has 0 aliphatic heterocycles. The van der Waals surface area contributed by atoms with E-state index in [4.69, 9.17) is 4.74 Å². The summed E-state index contributed by atoms with van der Waals surface area (Å²) < 4.78 is 128. The van der Waals surface area contributed by atoms with Gasteiger partial charge in [-0.3, -0.25) is 18.8 Å². The Bertz CT molecular complexity index is 2100. The second-order valence-electron chi connectivity index (χ2n) is 9.97. The van der Waals surface area contributed by atoms with E-state index < -0.39 is 36.9 Å². The number of benzene rings is 2. The van der Waals surface area contributed by atoms with Crippen LogP contribution in [-0.2, 0) is 0 Å². The fourth-order valence-electron chi connectivity index (χ4n) is 4.54. The highest BCUT2D eigenvalue weighted by atomic mass is 19.4. The van der Waals surface area contributed by atoms with Crippen LogP contribution in [0.2, 0.25) is 0 Å². The minimum absolute atomic E-state index is 0.0280. The van der Waals surface area contributed by atoms with Crippen molar-refractivity contribution in [2.45, 2.75) is 53.0 Å². The third-order valence-corrected chi connectivity index (χ3v) is 6.58. The number of nitrogens with zero attached hydrogens (tertiary/aromatic N) is 8. The SMILES string of the molecule is CC.COc1cc(OC(F)(F)F)ccc1-c1cn2c(C(F)F)nnc2cn1.Cc1cc(OC(F)(F)F)ccc1-c1cn2c(C(C)F)nnc2cn1. The lowest BCUT2D eigenvalue weighted by molar-refractivity contribution is -0.275. The van der Waals surface area contributed by atoms with E-state index in [1.165, 1.54) is 61.3 Å². The summed E-state index contributed by atoms with van der Waals surface area (Å²) in [7, 11) is 1.25. The summed E-state index contributed by atoms with van der Waals surface area (Å²) >= 11 is 0. The fourth-order valence-corrected chi connectivity index (χ4v) is 4.54. The van der Waals surface area contributed by atoms with Crippen molar-refractivity contribution < 1.29 is 53.7 Å². The van der Waals surface area contributed by atoms with Gasteiger partial charge < -0.3 is 14.2 Å². The lowest BCUT2D eigenvalue weighted by Crippen LogP contribution is -2.17. The molecule has 0 aliphatic carbocycles. The van der Waals surface area contributed by atoms with Gasteiger partial charge in [-0.15, -0.1) is 46.7 Å². The van der Waals surface area contributed by atoms with E-state index in [2.05, 4.69) is 39.8 Å². The summed E-state index contributed by atoms with van der Waals surface area (Å²) in [6.07, 6.45) is -8.33. The zero-order chi connectivity index (χ0) is 37.7. The van der Waals surface area contributed by atoms with Crippen LogP contribution in [-0.4, -0.2) is 59.0 Å². The maximum atomic E-state index is 13.6. The maximum Gasteiger partial charge on any atom is 0.573 e. The van der Waals surface area contributed by atoms with Gasteiger partial charge in [0.2, 0.25) is 5.82 Å². The Labute approximate surface area is 282 Å². The van der Waals surface area contributed by atoms with Gasteiger partial charge in [-0.1, -0.05) is 13.8 Å². The number of halogens is 9. The molecule has 0 saturated carbocycles. The third kappa shape index (κ3) is 9.31. The molecular weight excluding hydrogens is 703 g/mol. The summed E-state index contributed by atoms with van der Waals surface area (Å²) in [4.78, 5) is 8.26. The van der Waals surface area contributed by atoms with Crippen molar-refractivity contribution in [3.05, 3.63) is 78.4 Å². The average molecular weight is 731 g/mol. The minimum atomic E-state index is -4.85. The highest BCUT2D eigenvalue weighted by molar-refractivity contribution is 5.69. The lowest BCUT2D eigenvalue weighted by Gasteiger charge is -2.13. The van der Waals surface area contributed by atoms with Gasteiger partial charge >= 0.3 is 12.7 Å². The second-order valence-corrected chi connectivity index (χ2v) is 9.97. The van der Waals surface area contributed by atoms with Gasteiger partial charge in [0.15, 0.2) is 23.3 Å². The minimum Gasteiger partial charge on any atom is -0.496 e. The molecule has 0 saturated heterocycles. The molecule has 4 aromatic heterocycles. The maximum absolute atomic E-state index is 13.6. The second kappa shape index (κ2) is 15.5. The topological polar surface area (TPSA) is 114 Å². The van der Waals surface area contributed by atoms with E-state index in [0.29, 0.717) is 22.5 Å². The third-order valence-electron chi connectivity index (χ3n) is 6.58. The Balaban J connectivity index is 0.000000218. The fraction of sp³-hybridized carbons (Fsp3) is 0.290. The van der Waals surface area contributed by atoms with Crippen LogP contribution in [0.1, 0.15) is 50.6 Å². The van der Waals surface area contributed by atoms with E-state index in [1.54, 1.807) is 13.1 Å². The quantitative estimate of drug-likeness (QED) is 0.149. The van der Waals surface area contributed by atoms with Crippen molar-refractivity contribution in [2.24, 2.45) is 0 Å². The van der Waals surface area contributed by atoms with Crippen LogP contribution >= 0.6 is 0 Å². The van der Waals surface area contributed by atoms with Crippen molar-refractivity contribution in [3.63, 3.8) is 0 Å². The molecule has 6 aromatic rings. The van der Waals surface area contributed by atoms with Crippen molar-refractivity contribution >= 4 is 11.3 Å². The van der Waals surface area contributed by atoms with E-state index in [0.717, 1.165) is 16.5 Å². The molecule has 20 heteroatoms. The average Bonchev–Trinajstić information content (AvgIpc) is 3.69. The summed E-state index contributed by atoms with van der Waals surface area (Å²) in [6, 6.07) is 7.30. The Morgan fingerprint density at radius 3 is 1.61 bits per heavy atom. The van der Waals surface area contributed by atoms with Crippen LogP contribution in [0.5, 0.6) is 17.2 Å². The summed E-state index contributed by atoms with van der Waals surface area (Å²) in [6.45, 7) is 6.97. The summed E-state index contributed by atoms with van der Waals surface area (Å²) in [5.74, 6) is -1.21. The normalized spacial score (nSPS) is 12.2. The smallest absolute Gasteiger partial charge is 0.496 e. The molecule has 1 atom stereocenters. The first kappa shape index (κ1) is 38.1. The van der Waals surface area contributed by atoms with Crippen molar-refractivity contribution in [3.8, 4) is 39.8 Å². The van der Waals surface area contributed by atoms with E-state index >= 15 is 0 Å². The van der Waals surface area contributed by atoms with E-state index in [1.807, 2.05) is 13.8 Å². The number of hydrogen-bond donors (Lipinski definition) is 0. The number of aryl methyl sites for hydroxylation is 1. The van der Waals surface area contributed by atoms with Gasteiger partial charge in [-0.2, -0.15) is 0 Å². The first-order valence-corrected chi connectivity index (χ1v) is 14.7. The highest BCUT2D eigenvalue weighted by Gasteiger charge is 2.32. The van der Waals surface area contributed by atoms with Crippen LogP contribution in [0.4, 0.5) is 39.5 Å². The molecule has 0 spiro atoms. The highest BCUT2D eigenvalue weighted by Crippen LogP contribution is 2.35. The number of ether oxygens (including phenoxy) is 3. The molecule has 0 bridgehead atoms. The van der Waals surface area contributed by atoms with Gasteiger partial charge in [0, 0.05) is 29.6 Å². The van der Waals surface area contributed by atoms with Crippen LogP contribution in [0, 0.1) is 6.92 Å². The first-order chi connectivity index (χ1) is 24.0. The molecule has 11 nitrogen and oxygen atoms in total. The van der Waals surface area contributed by atoms with Gasteiger partial charge in [0.1, 0.15) is 17.2 Å². The predicted octanol–water partition coefficient (Wildman–Crippen LogP) is 8.69. The number of aromatic nitrogens is 8. The Kier molecular flexibility index (Phi) is 11.6. The Morgan fingerprint density at radius 1 is 0.667 bits per heavy atom. The van der Waals surface area contributed by atoms with Gasteiger partial charge in [-0.25, -0.2) is 13.2 Å². The molecular formula is C31H27F9N8O3. The van der Waals surface area contributed by atoms with Crippen molar-refractivity contribution in [1.82, 2.24) is 39.2 Å². The monoisotopic (exact) mass is 730 g/mol. The number of methoxy groups -OCH3 is 1. The van der Waals surface area contributed by atoms with Gasteiger partial charge in [0.25, 0.3) is 6.43 Å². The van der Waals surface area contributed by atoms with E-state index in [9.17, 15) is 39.5 Å². The number of fused-ring (bicyclic) bond motifs is 2. The predicted molar refractivity (Wildman–Crippen MR) is 163 cm³/mol. The Hall–Kier alpha value is -5.69. The summed E-state index contributed by atoms with van der Waals surface area (Å²) in [5, 5.41) is 14.5. The molecule has 0 N–H and O–H groups in total. The zero-order valence-electron chi connectivity index (χ0n) is 27.1. The van der Waals surface area contributed by atoms with Crippen LogP contribution in [0.3, 0.4) is 0 Å². The van der Waals surface area contributed by atoms with Crippen molar-refractivity contribution in [2.75, 3.05) is 7.11 Å². The molecule has 272 valence electrons. The lowest BCUT2D eigenvalue weighted by atomic mass is 10.1. The van der Waals surface area contributed by atoms with Crippen molar-refractivity contribution in [1.29, 1.82) is 0 Å². The Morgan fingerprint density at radius 2 is 1.14 bits per heavy atom. The molecule has 1 unspecified atom stereocenters. The zero-order valence-corrected chi connectivity index (χ0v) is 27.1.